The Hall–Kier alpha value is -1.11. The quantitative estimate of drug-likeness (QED) is 0.533. The SMILES string of the molecule is COCCCCOc1cc(F)ccc1B(O)O. The zero-order valence-electron chi connectivity index (χ0n) is 9.73. The number of hydrogen-bond acceptors (Lipinski definition) is 4. The first-order chi connectivity index (χ1) is 8.15. The lowest BCUT2D eigenvalue weighted by molar-refractivity contribution is 0.184. The van der Waals surface area contributed by atoms with Crippen LogP contribution in [0.15, 0.2) is 18.2 Å². The van der Waals surface area contributed by atoms with Crippen molar-refractivity contribution in [3.05, 3.63) is 24.0 Å². The minimum Gasteiger partial charge on any atom is -0.494 e. The third-order valence-corrected chi connectivity index (χ3v) is 2.25. The van der Waals surface area contributed by atoms with Crippen LogP contribution in [-0.4, -0.2) is 37.5 Å². The molecule has 6 heteroatoms. The van der Waals surface area contributed by atoms with Crippen LogP contribution in [0.25, 0.3) is 0 Å². The third kappa shape index (κ3) is 4.72. The number of ether oxygens (including phenoxy) is 2. The summed E-state index contributed by atoms with van der Waals surface area (Å²) in [4.78, 5) is 0. The van der Waals surface area contributed by atoms with E-state index in [1.807, 2.05) is 0 Å². The van der Waals surface area contributed by atoms with Gasteiger partial charge in [0.25, 0.3) is 0 Å². The minimum absolute atomic E-state index is 0.164. The Morgan fingerprint density at radius 2 is 1.94 bits per heavy atom. The Labute approximate surface area is 100 Å². The Morgan fingerprint density at radius 1 is 1.24 bits per heavy atom. The first-order valence-electron chi connectivity index (χ1n) is 5.42. The molecule has 4 nitrogen and oxygen atoms in total. The summed E-state index contributed by atoms with van der Waals surface area (Å²) in [6.45, 7) is 1.02. The van der Waals surface area contributed by atoms with Crippen LogP contribution in [0.5, 0.6) is 5.75 Å². The fourth-order valence-electron chi connectivity index (χ4n) is 1.38. The standard InChI is InChI=1S/C11H16BFO4/c1-16-6-2-3-7-17-11-8-9(13)4-5-10(11)12(14)15/h4-5,8,14-15H,2-3,6-7H2,1H3. The predicted molar refractivity (Wildman–Crippen MR) is 62.8 cm³/mol. The van der Waals surface area contributed by atoms with Crippen LogP contribution in [0.1, 0.15) is 12.8 Å². The van der Waals surface area contributed by atoms with Gasteiger partial charge in [-0.15, -0.1) is 0 Å². The van der Waals surface area contributed by atoms with E-state index in [1.54, 1.807) is 7.11 Å². The molecule has 0 spiro atoms. The molecule has 0 aliphatic carbocycles. The lowest BCUT2D eigenvalue weighted by Crippen LogP contribution is -2.31. The Kier molecular flexibility index (Phi) is 5.97. The van der Waals surface area contributed by atoms with E-state index in [4.69, 9.17) is 19.5 Å². The molecule has 0 aromatic heterocycles. The van der Waals surface area contributed by atoms with E-state index in [2.05, 4.69) is 0 Å². The van der Waals surface area contributed by atoms with Gasteiger partial charge in [-0.3, -0.25) is 0 Å². The van der Waals surface area contributed by atoms with Crippen LogP contribution in [-0.2, 0) is 4.74 Å². The van der Waals surface area contributed by atoms with Gasteiger partial charge in [0.1, 0.15) is 11.6 Å². The smallest absolute Gasteiger partial charge is 0.492 e. The second-order valence-electron chi connectivity index (χ2n) is 3.60. The summed E-state index contributed by atoms with van der Waals surface area (Å²) in [5, 5.41) is 18.1. The molecule has 0 aliphatic heterocycles. The molecule has 1 rings (SSSR count). The summed E-state index contributed by atoms with van der Waals surface area (Å²) in [6.07, 6.45) is 1.59. The van der Waals surface area contributed by atoms with E-state index in [-0.39, 0.29) is 11.2 Å². The topological polar surface area (TPSA) is 58.9 Å². The van der Waals surface area contributed by atoms with E-state index in [0.717, 1.165) is 25.0 Å². The van der Waals surface area contributed by atoms with Crippen molar-refractivity contribution >= 4 is 12.6 Å². The molecule has 17 heavy (non-hydrogen) atoms. The van der Waals surface area contributed by atoms with Crippen LogP contribution in [0, 0.1) is 5.82 Å². The Balaban J connectivity index is 2.53. The summed E-state index contributed by atoms with van der Waals surface area (Å²) in [5.74, 6) is -0.307. The highest BCUT2D eigenvalue weighted by Gasteiger charge is 2.17. The molecule has 0 amide bonds. The number of methoxy groups -OCH3 is 1. The van der Waals surface area contributed by atoms with E-state index < -0.39 is 12.9 Å². The highest BCUT2D eigenvalue weighted by molar-refractivity contribution is 6.59. The van der Waals surface area contributed by atoms with Gasteiger partial charge in [-0.05, 0) is 18.9 Å². The third-order valence-electron chi connectivity index (χ3n) is 2.25. The van der Waals surface area contributed by atoms with Crippen LogP contribution in [0.3, 0.4) is 0 Å². The zero-order chi connectivity index (χ0) is 12.7. The van der Waals surface area contributed by atoms with Gasteiger partial charge in [0.15, 0.2) is 0 Å². The van der Waals surface area contributed by atoms with Gasteiger partial charge in [0.2, 0.25) is 0 Å². The molecule has 1 aromatic rings. The second-order valence-corrected chi connectivity index (χ2v) is 3.60. The van der Waals surface area contributed by atoms with E-state index >= 15 is 0 Å². The van der Waals surface area contributed by atoms with Crippen molar-refractivity contribution in [3.8, 4) is 5.75 Å². The van der Waals surface area contributed by atoms with Crippen LogP contribution < -0.4 is 10.2 Å². The molecule has 0 atom stereocenters. The van der Waals surface area contributed by atoms with Gasteiger partial charge < -0.3 is 19.5 Å². The lowest BCUT2D eigenvalue weighted by Gasteiger charge is -2.11. The summed E-state index contributed by atoms with van der Waals surface area (Å²) in [6, 6.07) is 3.60. The van der Waals surface area contributed by atoms with Gasteiger partial charge in [-0.25, -0.2) is 4.39 Å². The van der Waals surface area contributed by atoms with Crippen LogP contribution in [0.4, 0.5) is 4.39 Å². The molecule has 0 fully saturated rings. The summed E-state index contributed by atoms with van der Waals surface area (Å²) < 4.78 is 23.2. The molecule has 0 unspecified atom stereocenters. The number of rotatable bonds is 7. The van der Waals surface area contributed by atoms with Crippen molar-refractivity contribution in [1.82, 2.24) is 0 Å². The molecule has 0 bridgehead atoms. The Bertz CT molecular complexity index is 346. The highest BCUT2D eigenvalue weighted by Crippen LogP contribution is 2.11. The molecule has 0 heterocycles. The number of unbranched alkanes of at least 4 members (excludes halogenated alkanes) is 1. The average Bonchev–Trinajstić information content (AvgIpc) is 2.28. The van der Waals surface area contributed by atoms with E-state index in [9.17, 15) is 4.39 Å². The normalized spacial score (nSPS) is 10.4. The molecule has 2 N–H and O–H groups in total. The molecule has 0 radical (unpaired) electrons. The van der Waals surface area contributed by atoms with Crippen molar-refractivity contribution in [1.29, 1.82) is 0 Å². The van der Waals surface area contributed by atoms with E-state index in [1.165, 1.54) is 6.07 Å². The maximum Gasteiger partial charge on any atom is 0.492 e. The molecular weight excluding hydrogens is 226 g/mol. The molecule has 0 saturated carbocycles. The number of benzene rings is 1. The largest absolute Gasteiger partial charge is 0.494 e. The van der Waals surface area contributed by atoms with Crippen LogP contribution >= 0.6 is 0 Å². The second kappa shape index (κ2) is 7.27. The maximum absolute atomic E-state index is 13.0. The molecule has 1 aromatic carbocycles. The monoisotopic (exact) mass is 242 g/mol. The van der Waals surface area contributed by atoms with Crippen molar-refractivity contribution in [3.63, 3.8) is 0 Å². The highest BCUT2D eigenvalue weighted by atomic mass is 19.1. The lowest BCUT2D eigenvalue weighted by atomic mass is 9.79. The summed E-state index contributed by atoms with van der Waals surface area (Å²) in [7, 11) is -0.0437. The summed E-state index contributed by atoms with van der Waals surface area (Å²) in [5.41, 5.74) is 0.165. The van der Waals surface area contributed by atoms with Crippen molar-refractivity contribution < 1.29 is 23.9 Å². The van der Waals surface area contributed by atoms with Crippen LogP contribution in [0.2, 0.25) is 0 Å². The first kappa shape index (κ1) is 14.0. The van der Waals surface area contributed by atoms with Gasteiger partial charge >= 0.3 is 7.12 Å². The summed E-state index contributed by atoms with van der Waals surface area (Å²) >= 11 is 0. The fourth-order valence-corrected chi connectivity index (χ4v) is 1.38. The van der Waals surface area contributed by atoms with Crippen molar-refractivity contribution in [2.24, 2.45) is 0 Å². The van der Waals surface area contributed by atoms with Crippen molar-refractivity contribution in [2.45, 2.75) is 12.8 Å². The first-order valence-corrected chi connectivity index (χ1v) is 5.42. The van der Waals surface area contributed by atoms with E-state index in [0.29, 0.717) is 13.2 Å². The minimum atomic E-state index is -1.66. The molecular formula is C11H16BFO4. The van der Waals surface area contributed by atoms with Gasteiger partial charge in [0.05, 0.1) is 6.61 Å². The van der Waals surface area contributed by atoms with Gasteiger partial charge in [-0.2, -0.15) is 0 Å². The fraction of sp³-hybridized carbons (Fsp3) is 0.455. The van der Waals surface area contributed by atoms with Crippen molar-refractivity contribution in [2.75, 3.05) is 20.3 Å². The predicted octanol–water partition coefficient (Wildman–Crippen LogP) is 0.311. The number of halogens is 1. The number of hydrogen-bond donors (Lipinski definition) is 2. The Morgan fingerprint density at radius 3 is 2.59 bits per heavy atom. The zero-order valence-corrected chi connectivity index (χ0v) is 9.73. The average molecular weight is 242 g/mol. The van der Waals surface area contributed by atoms with Gasteiger partial charge in [0, 0.05) is 25.2 Å². The van der Waals surface area contributed by atoms with Gasteiger partial charge in [-0.1, -0.05) is 6.07 Å². The molecule has 0 aliphatic rings. The molecule has 94 valence electrons. The maximum atomic E-state index is 13.0. The molecule has 0 saturated heterocycles.